The second kappa shape index (κ2) is 5.21. The fourth-order valence-corrected chi connectivity index (χ4v) is 2.96. The summed E-state index contributed by atoms with van der Waals surface area (Å²) in [4.78, 5) is 14.4. The van der Waals surface area contributed by atoms with Crippen LogP contribution >= 0.6 is 0 Å². The average Bonchev–Trinajstić information content (AvgIpc) is 2.46. The number of rotatable bonds is 1. The molecule has 1 aromatic rings. The SMILES string of the molecule is Nc1ccc2c(c1)CN(C(=O)C1CCCOC1)CC2. The lowest BCUT2D eigenvalue weighted by molar-refractivity contribution is -0.140. The highest BCUT2D eigenvalue weighted by atomic mass is 16.5. The molecule has 1 saturated heterocycles. The van der Waals surface area contributed by atoms with Crippen molar-refractivity contribution in [1.82, 2.24) is 4.90 Å². The molecule has 3 rings (SSSR count). The molecule has 1 fully saturated rings. The lowest BCUT2D eigenvalue weighted by atomic mass is 9.96. The topological polar surface area (TPSA) is 55.6 Å². The van der Waals surface area contributed by atoms with Gasteiger partial charge < -0.3 is 15.4 Å². The summed E-state index contributed by atoms with van der Waals surface area (Å²) in [5.41, 5.74) is 9.10. The lowest BCUT2D eigenvalue weighted by Crippen LogP contribution is -2.42. The van der Waals surface area contributed by atoms with Gasteiger partial charge in [0.25, 0.3) is 0 Å². The third kappa shape index (κ3) is 2.59. The third-order valence-corrected chi connectivity index (χ3v) is 4.06. The van der Waals surface area contributed by atoms with E-state index in [9.17, 15) is 4.79 Å². The van der Waals surface area contributed by atoms with Gasteiger partial charge in [0, 0.05) is 25.4 Å². The number of hydrogen-bond acceptors (Lipinski definition) is 3. The molecule has 1 amide bonds. The molecule has 102 valence electrons. The number of nitrogen functional groups attached to an aromatic ring is 1. The first kappa shape index (κ1) is 12.5. The van der Waals surface area contributed by atoms with Crippen molar-refractivity contribution in [3.8, 4) is 0 Å². The maximum Gasteiger partial charge on any atom is 0.228 e. The van der Waals surface area contributed by atoms with Crippen LogP contribution in [0.1, 0.15) is 24.0 Å². The molecule has 19 heavy (non-hydrogen) atoms. The fraction of sp³-hybridized carbons (Fsp3) is 0.533. The fourth-order valence-electron chi connectivity index (χ4n) is 2.96. The Balaban J connectivity index is 1.72. The van der Waals surface area contributed by atoms with Gasteiger partial charge in [0.05, 0.1) is 12.5 Å². The van der Waals surface area contributed by atoms with Crippen molar-refractivity contribution < 1.29 is 9.53 Å². The Labute approximate surface area is 113 Å². The van der Waals surface area contributed by atoms with Gasteiger partial charge >= 0.3 is 0 Å². The number of carbonyl (C=O) groups excluding carboxylic acids is 1. The van der Waals surface area contributed by atoms with Crippen molar-refractivity contribution in [1.29, 1.82) is 0 Å². The second-order valence-electron chi connectivity index (χ2n) is 5.45. The molecule has 0 spiro atoms. The minimum absolute atomic E-state index is 0.0522. The lowest BCUT2D eigenvalue weighted by Gasteiger charge is -2.33. The number of carbonyl (C=O) groups is 1. The molecule has 4 nitrogen and oxygen atoms in total. The molecule has 4 heteroatoms. The highest BCUT2D eigenvalue weighted by Gasteiger charge is 2.28. The molecule has 1 atom stereocenters. The van der Waals surface area contributed by atoms with Crippen LogP contribution in [0.5, 0.6) is 0 Å². The Morgan fingerprint density at radius 2 is 2.26 bits per heavy atom. The Hall–Kier alpha value is -1.55. The van der Waals surface area contributed by atoms with Crippen LogP contribution in [0, 0.1) is 5.92 Å². The number of hydrogen-bond donors (Lipinski definition) is 1. The molecule has 0 aliphatic carbocycles. The van der Waals surface area contributed by atoms with Gasteiger partial charge in [-0.3, -0.25) is 4.79 Å². The number of ether oxygens (including phenoxy) is 1. The number of benzene rings is 1. The van der Waals surface area contributed by atoms with Gasteiger partial charge in [0.15, 0.2) is 0 Å². The Morgan fingerprint density at radius 1 is 1.37 bits per heavy atom. The van der Waals surface area contributed by atoms with Crippen LogP contribution in [-0.4, -0.2) is 30.6 Å². The molecule has 0 saturated carbocycles. The van der Waals surface area contributed by atoms with Crippen LogP contribution < -0.4 is 5.73 Å². The summed E-state index contributed by atoms with van der Waals surface area (Å²) < 4.78 is 5.42. The largest absolute Gasteiger partial charge is 0.399 e. The van der Waals surface area contributed by atoms with Crippen LogP contribution in [0.25, 0.3) is 0 Å². The van der Waals surface area contributed by atoms with Gasteiger partial charge in [-0.15, -0.1) is 0 Å². The first-order valence-corrected chi connectivity index (χ1v) is 6.98. The molecule has 1 unspecified atom stereocenters. The summed E-state index contributed by atoms with van der Waals surface area (Å²) in [6.45, 7) is 2.88. The highest BCUT2D eigenvalue weighted by molar-refractivity contribution is 5.79. The zero-order valence-corrected chi connectivity index (χ0v) is 11.1. The van der Waals surface area contributed by atoms with Crippen molar-refractivity contribution in [2.24, 2.45) is 5.92 Å². The minimum atomic E-state index is 0.0522. The molecule has 0 bridgehead atoms. The van der Waals surface area contributed by atoms with E-state index < -0.39 is 0 Å². The summed E-state index contributed by atoms with van der Waals surface area (Å²) in [7, 11) is 0. The summed E-state index contributed by atoms with van der Waals surface area (Å²) in [6.07, 6.45) is 2.88. The first-order chi connectivity index (χ1) is 9.24. The average molecular weight is 260 g/mol. The first-order valence-electron chi connectivity index (χ1n) is 6.98. The molecule has 1 aromatic carbocycles. The van der Waals surface area contributed by atoms with Gasteiger partial charge in [0.1, 0.15) is 0 Å². The summed E-state index contributed by atoms with van der Waals surface area (Å²) >= 11 is 0. The number of anilines is 1. The molecular weight excluding hydrogens is 240 g/mol. The van der Waals surface area contributed by atoms with E-state index in [2.05, 4.69) is 6.07 Å². The smallest absolute Gasteiger partial charge is 0.228 e. The van der Waals surface area contributed by atoms with E-state index in [0.717, 1.165) is 38.1 Å². The predicted octanol–water partition coefficient (Wildman–Crippen LogP) is 1.58. The standard InChI is InChI=1S/C15H20N2O2/c16-14-4-3-11-5-6-17(9-13(11)8-14)15(18)12-2-1-7-19-10-12/h3-4,8,12H,1-2,5-7,9-10,16H2. The van der Waals surface area contributed by atoms with Crippen LogP contribution in [0.3, 0.4) is 0 Å². The van der Waals surface area contributed by atoms with E-state index in [0.29, 0.717) is 13.2 Å². The van der Waals surface area contributed by atoms with Gasteiger partial charge in [-0.2, -0.15) is 0 Å². The van der Waals surface area contributed by atoms with Crippen LogP contribution in [-0.2, 0) is 22.5 Å². The van der Waals surface area contributed by atoms with Gasteiger partial charge in [0.2, 0.25) is 5.91 Å². The van der Waals surface area contributed by atoms with E-state index in [1.54, 1.807) is 0 Å². The molecule has 2 heterocycles. The van der Waals surface area contributed by atoms with Crippen LogP contribution in [0.4, 0.5) is 5.69 Å². The predicted molar refractivity (Wildman–Crippen MR) is 73.5 cm³/mol. The number of fused-ring (bicyclic) bond motifs is 1. The zero-order chi connectivity index (χ0) is 13.2. The summed E-state index contributed by atoms with van der Waals surface area (Å²) in [6, 6.07) is 6.01. The Morgan fingerprint density at radius 3 is 3.05 bits per heavy atom. The van der Waals surface area contributed by atoms with E-state index in [-0.39, 0.29) is 11.8 Å². The number of amides is 1. The number of nitrogens with two attached hydrogens (primary N) is 1. The van der Waals surface area contributed by atoms with Crippen molar-refractivity contribution in [2.45, 2.75) is 25.8 Å². The zero-order valence-electron chi connectivity index (χ0n) is 11.1. The van der Waals surface area contributed by atoms with E-state index in [1.807, 2.05) is 17.0 Å². The minimum Gasteiger partial charge on any atom is -0.399 e. The molecule has 2 N–H and O–H groups in total. The third-order valence-electron chi connectivity index (χ3n) is 4.06. The highest BCUT2D eigenvalue weighted by Crippen LogP contribution is 2.24. The van der Waals surface area contributed by atoms with Crippen LogP contribution in [0.2, 0.25) is 0 Å². The van der Waals surface area contributed by atoms with E-state index >= 15 is 0 Å². The van der Waals surface area contributed by atoms with Gasteiger partial charge in [-0.25, -0.2) is 0 Å². The monoisotopic (exact) mass is 260 g/mol. The molecule has 0 radical (unpaired) electrons. The van der Waals surface area contributed by atoms with Crippen LogP contribution in [0.15, 0.2) is 18.2 Å². The molecule has 2 aliphatic heterocycles. The van der Waals surface area contributed by atoms with Crippen molar-refractivity contribution >= 4 is 11.6 Å². The maximum atomic E-state index is 12.5. The molecular formula is C15H20N2O2. The quantitative estimate of drug-likeness (QED) is 0.780. The second-order valence-corrected chi connectivity index (χ2v) is 5.45. The van der Waals surface area contributed by atoms with Gasteiger partial charge in [-0.05, 0) is 42.5 Å². The Kier molecular flexibility index (Phi) is 3.42. The molecule has 0 aromatic heterocycles. The van der Waals surface area contributed by atoms with Crippen molar-refractivity contribution in [3.05, 3.63) is 29.3 Å². The summed E-state index contributed by atoms with van der Waals surface area (Å²) in [5, 5.41) is 0. The van der Waals surface area contributed by atoms with Gasteiger partial charge in [-0.1, -0.05) is 6.07 Å². The van der Waals surface area contributed by atoms with Crippen molar-refractivity contribution in [2.75, 3.05) is 25.5 Å². The maximum absolute atomic E-state index is 12.5. The van der Waals surface area contributed by atoms with Crippen molar-refractivity contribution in [3.63, 3.8) is 0 Å². The van der Waals surface area contributed by atoms with E-state index in [4.69, 9.17) is 10.5 Å². The molecule has 2 aliphatic rings. The van der Waals surface area contributed by atoms with E-state index in [1.165, 1.54) is 11.1 Å². The number of nitrogens with zero attached hydrogens (tertiary/aromatic N) is 1. The normalized spacial score (nSPS) is 22.9. The Bertz CT molecular complexity index is 481. The summed E-state index contributed by atoms with van der Waals surface area (Å²) in [5.74, 6) is 0.295.